The van der Waals surface area contributed by atoms with Crippen molar-refractivity contribution in [2.24, 2.45) is 0 Å². The summed E-state index contributed by atoms with van der Waals surface area (Å²) in [6.07, 6.45) is 0. The molecule has 3 rings (SSSR count). The first-order valence-corrected chi connectivity index (χ1v) is 8.36. The number of ketones is 1. The van der Waals surface area contributed by atoms with Gasteiger partial charge in [-0.3, -0.25) is 14.9 Å². The number of carbonyl (C=O) groups is 1. The number of nitrogens with zero attached hydrogens (tertiary/aromatic N) is 1. The van der Waals surface area contributed by atoms with E-state index in [-0.39, 0.29) is 11.5 Å². The van der Waals surface area contributed by atoms with Crippen molar-refractivity contribution in [3.05, 3.63) is 68.2 Å². The summed E-state index contributed by atoms with van der Waals surface area (Å²) in [5, 5.41) is 14.3. The van der Waals surface area contributed by atoms with E-state index >= 15 is 0 Å². The van der Waals surface area contributed by atoms with Gasteiger partial charge in [0.1, 0.15) is 5.75 Å². The fraction of sp³-hybridized carbons (Fsp3) is 0.167. The Balaban J connectivity index is 1.99. The summed E-state index contributed by atoms with van der Waals surface area (Å²) in [4.78, 5) is 24.7. The molecule has 1 heterocycles. The van der Waals surface area contributed by atoms with E-state index < -0.39 is 4.92 Å². The molecule has 1 N–H and O–H groups in total. The van der Waals surface area contributed by atoms with Crippen LogP contribution in [0.1, 0.15) is 22.8 Å². The Bertz CT molecular complexity index is 921. The van der Waals surface area contributed by atoms with Crippen molar-refractivity contribution < 1.29 is 14.5 Å². The Morgan fingerprint density at radius 2 is 2.00 bits per heavy atom. The maximum absolute atomic E-state index is 12.9. The maximum Gasteiger partial charge on any atom is 0.270 e. The van der Waals surface area contributed by atoms with Crippen LogP contribution < -0.4 is 10.1 Å². The Morgan fingerprint density at radius 3 is 2.68 bits per heavy atom. The van der Waals surface area contributed by atoms with E-state index in [0.29, 0.717) is 21.1 Å². The highest BCUT2D eigenvalue weighted by Crippen LogP contribution is 2.44. The maximum atomic E-state index is 12.9. The van der Waals surface area contributed by atoms with Crippen LogP contribution in [0.5, 0.6) is 5.75 Å². The third-order valence-corrected chi connectivity index (χ3v) is 5.14. The number of nitro groups is 1. The highest BCUT2D eigenvalue weighted by Gasteiger charge is 2.26. The molecule has 0 amide bonds. The highest BCUT2D eigenvalue weighted by molar-refractivity contribution is 8.04. The van der Waals surface area contributed by atoms with Gasteiger partial charge in [-0.2, -0.15) is 0 Å². The van der Waals surface area contributed by atoms with Crippen LogP contribution in [0.3, 0.4) is 0 Å². The van der Waals surface area contributed by atoms with Gasteiger partial charge in [0.2, 0.25) is 5.78 Å². The third kappa shape index (κ3) is 3.23. The number of nitro benzene ring substituents is 1. The van der Waals surface area contributed by atoms with Crippen LogP contribution in [-0.2, 0) is 0 Å². The van der Waals surface area contributed by atoms with Gasteiger partial charge < -0.3 is 10.1 Å². The molecule has 0 saturated heterocycles. The highest BCUT2D eigenvalue weighted by atomic mass is 32.2. The summed E-state index contributed by atoms with van der Waals surface area (Å²) < 4.78 is 5.17. The summed E-state index contributed by atoms with van der Waals surface area (Å²) >= 11 is 1.25. The zero-order valence-electron chi connectivity index (χ0n) is 14.0. The number of thioether (sulfide) groups is 1. The lowest BCUT2D eigenvalue weighted by molar-refractivity contribution is -0.385. The molecule has 0 bridgehead atoms. The van der Waals surface area contributed by atoms with Crippen LogP contribution >= 0.6 is 11.8 Å². The standard InChI is InChI=1S/C18H16N2O4S/c1-10-7-13(20(22)23)9-15-16(10)19-11(2)18(25-15)17(21)12-5-4-6-14(8-12)24-3/h4-9,19H,1-3H3. The molecule has 2 aromatic rings. The van der Waals surface area contributed by atoms with Crippen molar-refractivity contribution in [3.8, 4) is 5.75 Å². The molecular formula is C18H16N2O4S. The molecule has 0 atom stereocenters. The normalized spacial score (nSPS) is 13.1. The Labute approximate surface area is 149 Å². The van der Waals surface area contributed by atoms with Gasteiger partial charge in [0.05, 0.1) is 22.6 Å². The number of hydrogen-bond acceptors (Lipinski definition) is 6. The number of benzene rings is 2. The van der Waals surface area contributed by atoms with Gasteiger partial charge in [0, 0.05) is 28.3 Å². The summed E-state index contributed by atoms with van der Waals surface area (Å²) in [7, 11) is 1.54. The number of anilines is 1. The summed E-state index contributed by atoms with van der Waals surface area (Å²) in [6.45, 7) is 3.63. The number of nitrogens with one attached hydrogen (secondary N) is 1. The number of Topliss-reactive ketones (excluding diaryl/α,β-unsaturated/α-hetero) is 1. The fourth-order valence-corrected chi connectivity index (χ4v) is 3.75. The number of aryl methyl sites for hydroxylation is 1. The molecule has 2 aromatic carbocycles. The van der Waals surface area contributed by atoms with Crippen LogP contribution in [-0.4, -0.2) is 17.8 Å². The lowest BCUT2D eigenvalue weighted by Crippen LogP contribution is -2.13. The minimum atomic E-state index is -0.428. The molecule has 6 nitrogen and oxygen atoms in total. The van der Waals surface area contributed by atoms with Crippen LogP contribution in [0, 0.1) is 17.0 Å². The molecule has 25 heavy (non-hydrogen) atoms. The van der Waals surface area contributed by atoms with E-state index in [2.05, 4.69) is 5.32 Å². The fourth-order valence-electron chi connectivity index (χ4n) is 2.63. The van der Waals surface area contributed by atoms with Crippen LogP contribution in [0.4, 0.5) is 11.4 Å². The number of non-ortho nitro benzene ring substituents is 1. The van der Waals surface area contributed by atoms with Crippen molar-refractivity contribution in [1.82, 2.24) is 0 Å². The number of allylic oxidation sites excluding steroid dienone is 2. The van der Waals surface area contributed by atoms with Gasteiger partial charge in [-0.05, 0) is 31.5 Å². The second-order valence-corrected chi connectivity index (χ2v) is 6.69. The quantitative estimate of drug-likeness (QED) is 0.492. The molecule has 7 heteroatoms. The van der Waals surface area contributed by atoms with Crippen molar-refractivity contribution in [1.29, 1.82) is 0 Å². The van der Waals surface area contributed by atoms with E-state index in [1.807, 2.05) is 13.8 Å². The van der Waals surface area contributed by atoms with Crippen LogP contribution in [0.2, 0.25) is 0 Å². The number of methoxy groups -OCH3 is 1. The molecule has 0 saturated carbocycles. The summed E-state index contributed by atoms with van der Waals surface area (Å²) in [5.41, 5.74) is 2.81. The van der Waals surface area contributed by atoms with Gasteiger partial charge in [-0.15, -0.1) is 0 Å². The third-order valence-electron chi connectivity index (χ3n) is 3.90. The van der Waals surface area contributed by atoms with Crippen molar-refractivity contribution in [3.63, 3.8) is 0 Å². The molecule has 0 aromatic heterocycles. The number of hydrogen-bond donors (Lipinski definition) is 1. The van der Waals surface area contributed by atoms with Gasteiger partial charge in [0.25, 0.3) is 5.69 Å². The van der Waals surface area contributed by atoms with Crippen molar-refractivity contribution >= 4 is 28.9 Å². The van der Waals surface area contributed by atoms with Crippen molar-refractivity contribution in [2.75, 3.05) is 12.4 Å². The van der Waals surface area contributed by atoms with E-state index in [1.54, 1.807) is 31.4 Å². The lowest BCUT2D eigenvalue weighted by Gasteiger charge is -2.23. The molecule has 0 radical (unpaired) electrons. The number of rotatable bonds is 4. The predicted octanol–water partition coefficient (Wildman–Crippen LogP) is 4.54. The Morgan fingerprint density at radius 1 is 1.24 bits per heavy atom. The van der Waals surface area contributed by atoms with Gasteiger partial charge in [0.15, 0.2) is 0 Å². The predicted molar refractivity (Wildman–Crippen MR) is 97.3 cm³/mol. The van der Waals surface area contributed by atoms with Crippen LogP contribution in [0.25, 0.3) is 0 Å². The average molecular weight is 356 g/mol. The molecule has 0 fully saturated rings. The number of fused-ring (bicyclic) bond motifs is 1. The Kier molecular flexibility index (Phi) is 4.50. The molecule has 128 valence electrons. The van der Waals surface area contributed by atoms with Crippen molar-refractivity contribution in [2.45, 2.75) is 18.7 Å². The first-order valence-electron chi connectivity index (χ1n) is 7.54. The smallest absolute Gasteiger partial charge is 0.270 e. The van der Waals surface area contributed by atoms with E-state index in [9.17, 15) is 14.9 Å². The first-order chi connectivity index (χ1) is 11.9. The topological polar surface area (TPSA) is 81.5 Å². The van der Waals surface area contributed by atoms with Gasteiger partial charge >= 0.3 is 0 Å². The zero-order valence-corrected chi connectivity index (χ0v) is 14.8. The van der Waals surface area contributed by atoms with Gasteiger partial charge in [-0.1, -0.05) is 23.9 Å². The van der Waals surface area contributed by atoms with Crippen LogP contribution in [0.15, 0.2) is 51.9 Å². The molecule has 0 unspecified atom stereocenters. The summed E-state index contributed by atoms with van der Waals surface area (Å²) in [5.74, 6) is 0.452. The first kappa shape index (κ1) is 17.0. The second kappa shape index (κ2) is 6.60. The minimum absolute atomic E-state index is 0.0123. The molecule has 0 spiro atoms. The molecule has 1 aliphatic heterocycles. The largest absolute Gasteiger partial charge is 0.497 e. The van der Waals surface area contributed by atoms with Gasteiger partial charge in [-0.25, -0.2) is 0 Å². The molecule has 1 aliphatic rings. The SMILES string of the molecule is COc1cccc(C(=O)C2=C(C)Nc3c(C)cc([N+](=O)[O-])cc3S2)c1. The second-order valence-electron chi connectivity index (χ2n) is 5.64. The average Bonchev–Trinajstić information content (AvgIpc) is 2.61. The monoisotopic (exact) mass is 356 g/mol. The van der Waals surface area contributed by atoms with E-state index in [0.717, 1.165) is 16.9 Å². The minimum Gasteiger partial charge on any atom is -0.497 e. The zero-order chi connectivity index (χ0) is 18.1. The Hall–Kier alpha value is -2.80. The van der Waals surface area contributed by atoms with E-state index in [4.69, 9.17) is 4.74 Å². The number of carbonyl (C=O) groups excluding carboxylic acids is 1. The molecular weight excluding hydrogens is 340 g/mol. The van der Waals surface area contributed by atoms with E-state index in [1.165, 1.54) is 23.9 Å². The molecule has 0 aliphatic carbocycles. The number of ether oxygens (including phenoxy) is 1. The summed E-state index contributed by atoms with van der Waals surface area (Å²) in [6, 6.07) is 9.94. The lowest BCUT2D eigenvalue weighted by atomic mass is 10.1.